The maximum Gasteiger partial charge on any atom is 0.422 e. The molecule has 1 rings (SSSR count). The van der Waals surface area contributed by atoms with E-state index in [4.69, 9.17) is 10.5 Å². The first kappa shape index (κ1) is 14.1. The molecular weight excluding hydrogens is 303 g/mol. The van der Waals surface area contributed by atoms with E-state index in [1.165, 1.54) is 12.1 Å². The smallest absolute Gasteiger partial charge is 0.422 e. The van der Waals surface area contributed by atoms with E-state index >= 15 is 0 Å². The van der Waals surface area contributed by atoms with Gasteiger partial charge in [-0.15, -0.1) is 0 Å². The fraction of sp³-hybridized carbons (Fsp3) is 0.400. The molecule has 0 spiro atoms. The molecule has 0 amide bonds. The average molecular weight is 314 g/mol. The molecule has 0 fully saturated rings. The van der Waals surface area contributed by atoms with Gasteiger partial charge in [0.05, 0.1) is 0 Å². The maximum atomic E-state index is 12.0. The van der Waals surface area contributed by atoms with Gasteiger partial charge in [0.25, 0.3) is 0 Å². The summed E-state index contributed by atoms with van der Waals surface area (Å²) in [6.45, 7) is -0.877. The number of nitrogens with two attached hydrogens (primary N) is 1. The Morgan fingerprint density at radius 1 is 1.18 bits per heavy atom. The monoisotopic (exact) mass is 313 g/mol. The van der Waals surface area contributed by atoms with Gasteiger partial charge in [-0.2, -0.15) is 13.2 Å². The van der Waals surface area contributed by atoms with Crippen LogP contribution in [0.25, 0.3) is 0 Å². The minimum absolute atomic E-state index is 0.0407. The van der Waals surface area contributed by atoms with Crippen LogP contribution in [-0.2, 0) is 0 Å². The molecule has 17 heavy (non-hydrogen) atoms. The van der Waals surface area contributed by atoms with E-state index in [0.29, 0.717) is 4.47 Å². The number of rotatable bonds is 5. The highest BCUT2D eigenvalue weighted by molar-refractivity contribution is 9.10. The first-order chi connectivity index (χ1) is 7.92. The van der Waals surface area contributed by atoms with Crippen molar-refractivity contribution in [1.29, 1.82) is 0 Å². The minimum atomic E-state index is -4.38. The number of alkyl halides is 3. The molecule has 1 aromatic rings. The van der Waals surface area contributed by atoms with E-state index in [-0.39, 0.29) is 24.7 Å². The lowest BCUT2D eigenvalue weighted by atomic mass is 10.3. The van der Waals surface area contributed by atoms with Crippen LogP contribution in [0.2, 0.25) is 0 Å². The van der Waals surface area contributed by atoms with Crippen LogP contribution in [0.1, 0.15) is 0 Å². The number of ether oxygens (including phenoxy) is 2. The molecule has 1 aromatic carbocycles. The van der Waals surface area contributed by atoms with Crippen LogP contribution >= 0.6 is 15.9 Å². The van der Waals surface area contributed by atoms with Crippen molar-refractivity contribution in [2.24, 2.45) is 5.73 Å². The molecule has 0 radical (unpaired) electrons. The Bertz CT molecular complexity index is 371. The van der Waals surface area contributed by atoms with Gasteiger partial charge < -0.3 is 15.2 Å². The molecule has 7 heteroatoms. The van der Waals surface area contributed by atoms with Gasteiger partial charge in [-0.25, -0.2) is 0 Å². The third kappa shape index (κ3) is 5.27. The standard InChI is InChI=1S/C10H11BrF3NO2/c11-7-1-2-8(17-6-10(12,13)14)9(5-7)16-4-3-15/h1-2,5H,3-4,6,15H2. The number of halogens is 4. The summed E-state index contributed by atoms with van der Waals surface area (Å²) in [5.41, 5.74) is 5.25. The first-order valence-corrected chi connectivity index (χ1v) is 5.53. The van der Waals surface area contributed by atoms with Crippen LogP contribution in [0.15, 0.2) is 22.7 Å². The second kappa shape index (κ2) is 6.11. The molecule has 2 N–H and O–H groups in total. The van der Waals surface area contributed by atoms with E-state index in [9.17, 15) is 13.2 Å². The largest absolute Gasteiger partial charge is 0.488 e. The Kier molecular flexibility index (Phi) is 5.07. The third-order valence-corrected chi connectivity index (χ3v) is 2.17. The molecule has 0 saturated carbocycles. The lowest BCUT2D eigenvalue weighted by Crippen LogP contribution is -2.19. The zero-order valence-electron chi connectivity index (χ0n) is 8.76. The van der Waals surface area contributed by atoms with Crippen LogP contribution < -0.4 is 15.2 Å². The Morgan fingerprint density at radius 2 is 1.88 bits per heavy atom. The predicted molar refractivity (Wildman–Crippen MR) is 60.2 cm³/mol. The fourth-order valence-electron chi connectivity index (χ4n) is 1.04. The van der Waals surface area contributed by atoms with Crippen LogP contribution in [-0.4, -0.2) is 25.9 Å². The Morgan fingerprint density at radius 3 is 2.47 bits per heavy atom. The molecule has 0 unspecified atom stereocenters. The van der Waals surface area contributed by atoms with Crippen molar-refractivity contribution < 1.29 is 22.6 Å². The lowest BCUT2D eigenvalue weighted by Gasteiger charge is -2.13. The van der Waals surface area contributed by atoms with Crippen LogP contribution in [0.5, 0.6) is 11.5 Å². The predicted octanol–water partition coefficient (Wildman–Crippen LogP) is 2.73. The zero-order valence-corrected chi connectivity index (χ0v) is 10.3. The van der Waals surface area contributed by atoms with Gasteiger partial charge >= 0.3 is 6.18 Å². The van der Waals surface area contributed by atoms with Crippen molar-refractivity contribution >= 4 is 15.9 Å². The molecule has 0 aromatic heterocycles. The molecule has 0 atom stereocenters. The van der Waals surface area contributed by atoms with Gasteiger partial charge in [0.1, 0.15) is 6.61 Å². The molecule has 0 aliphatic carbocycles. The van der Waals surface area contributed by atoms with Crippen molar-refractivity contribution in [3.8, 4) is 11.5 Å². The van der Waals surface area contributed by atoms with Crippen molar-refractivity contribution in [1.82, 2.24) is 0 Å². The molecule has 0 aliphatic heterocycles. The highest BCUT2D eigenvalue weighted by Gasteiger charge is 2.29. The summed E-state index contributed by atoms with van der Waals surface area (Å²) in [5, 5.41) is 0. The van der Waals surface area contributed by atoms with E-state index in [2.05, 4.69) is 20.7 Å². The minimum Gasteiger partial charge on any atom is -0.488 e. The Hall–Kier alpha value is -0.950. The van der Waals surface area contributed by atoms with Crippen LogP contribution in [0.3, 0.4) is 0 Å². The first-order valence-electron chi connectivity index (χ1n) is 4.74. The van der Waals surface area contributed by atoms with Gasteiger partial charge in [0.15, 0.2) is 18.1 Å². The average Bonchev–Trinajstić information content (AvgIpc) is 2.23. The molecule has 0 aliphatic rings. The molecular formula is C10H11BrF3NO2. The summed E-state index contributed by atoms with van der Waals surface area (Å²) >= 11 is 3.19. The Labute approximate surface area is 105 Å². The molecule has 0 saturated heterocycles. The van der Waals surface area contributed by atoms with E-state index in [0.717, 1.165) is 0 Å². The maximum absolute atomic E-state index is 12.0. The van der Waals surface area contributed by atoms with Crippen LogP contribution in [0.4, 0.5) is 13.2 Å². The second-order valence-corrected chi connectivity index (χ2v) is 4.05. The highest BCUT2D eigenvalue weighted by atomic mass is 79.9. The second-order valence-electron chi connectivity index (χ2n) is 3.13. The van der Waals surface area contributed by atoms with Gasteiger partial charge in [-0.1, -0.05) is 15.9 Å². The van der Waals surface area contributed by atoms with Gasteiger partial charge in [-0.3, -0.25) is 0 Å². The number of hydrogen-bond donors (Lipinski definition) is 1. The summed E-state index contributed by atoms with van der Waals surface area (Å²) in [4.78, 5) is 0. The van der Waals surface area contributed by atoms with Crippen molar-refractivity contribution in [3.63, 3.8) is 0 Å². The molecule has 3 nitrogen and oxygen atoms in total. The van der Waals surface area contributed by atoms with Crippen LogP contribution in [0, 0.1) is 0 Å². The van der Waals surface area contributed by atoms with Crippen molar-refractivity contribution in [2.75, 3.05) is 19.8 Å². The van der Waals surface area contributed by atoms with E-state index < -0.39 is 12.8 Å². The van der Waals surface area contributed by atoms with Crippen molar-refractivity contribution in [2.45, 2.75) is 6.18 Å². The molecule has 96 valence electrons. The number of hydrogen-bond acceptors (Lipinski definition) is 3. The van der Waals surface area contributed by atoms with Gasteiger partial charge in [-0.05, 0) is 18.2 Å². The lowest BCUT2D eigenvalue weighted by molar-refractivity contribution is -0.153. The van der Waals surface area contributed by atoms with E-state index in [1.807, 2.05) is 0 Å². The summed E-state index contributed by atoms with van der Waals surface area (Å²) in [5.74, 6) is 0.271. The fourth-order valence-corrected chi connectivity index (χ4v) is 1.38. The third-order valence-electron chi connectivity index (χ3n) is 1.67. The topological polar surface area (TPSA) is 44.5 Å². The van der Waals surface area contributed by atoms with Crippen molar-refractivity contribution in [3.05, 3.63) is 22.7 Å². The summed E-state index contributed by atoms with van der Waals surface area (Å²) in [6, 6.07) is 4.50. The Balaban J connectivity index is 2.75. The van der Waals surface area contributed by atoms with Gasteiger partial charge in [0, 0.05) is 11.0 Å². The summed E-state index contributed by atoms with van der Waals surface area (Å²) in [6.07, 6.45) is -4.38. The molecule has 0 bridgehead atoms. The SMILES string of the molecule is NCCOc1cc(Br)ccc1OCC(F)(F)F. The summed E-state index contributed by atoms with van der Waals surface area (Å²) in [7, 11) is 0. The summed E-state index contributed by atoms with van der Waals surface area (Å²) < 4.78 is 46.5. The number of benzene rings is 1. The zero-order chi connectivity index (χ0) is 12.9. The molecule has 0 heterocycles. The van der Waals surface area contributed by atoms with E-state index in [1.54, 1.807) is 6.07 Å². The quantitative estimate of drug-likeness (QED) is 0.909. The van der Waals surface area contributed by atoms with Gasteiger partial charge in [0.2, 0.25) is 0 Å². The highest BCUT2D eigenvalue weighted by Crippen LogP contribution is 2.31. The normalized spacial score (nSPS) is 11.4.